The second-order valence-corrected chi connectivity index (χ2v) is 20.2. The number of nitrogens with zero attached hydrogens (tertiary/aromatic N) is 1. The minimum Gasteiger partial charge on any atom is -0.310 e. The smallest absolute Gasteiger partial charge is 0.0467 e. The molecule has 8 rings (SSSR count). The molecule has 0 N–H and O–H groups in total. The zero-order chi connectivity index (χ0) is 44.9. The van der Waals surface area contributed by atoms with Crippen LogP contribution < -0.4 is 4.90 Å². The molecule has 6 aromatic carbocycles. The topological polar surface area (TPSA) is 3.24 Å². The van der Waals surface area contributed by atoms with E-state index in [1.807, 2.05) is 0 Å². The number of aryl methyl sites for hydroxylation is 2. The largest absolute Gasteiger partial charge is 0.310 e. The third-order valence-electron chi connectivity index (χ3n) is 16.7. The molecule has 1 nitrogen and oxygen atoms in total. The van der Waals surface area contributed by atoms with Gasteiger partial charge in [0.2, 0.25) is 0 Å². The van der Waals surface area contributed by atoms with Crippen molar-refractivity contribution in [1.29, 1.82) is 0 Å². The average molecular weight is 848 g/mol. The molecule has 0 spiro atoms. The Morgan fingerprint density at radius 3 is 1.50 bits per heavy atom. The lowest BCUT2D eigenvalue weighted by atomic mass is 9.69. The number of unbranched alkanes of at least 4 members (excludes halogenated alkanes) is 6. The molecule has 0 radical (unpaired) electrons. The van der Waals surface area contributed by atoms with Crippen LogP contribution in [-0.4, -0.2) is 0 Å². The Morgan fingerprint density at radius 2 is 0.922 bits per heavy atom. The average Bonchev–Trinajstić information content (AvgIpc) is 3.60. The van der Waals surface area contributed by atoms with E-state index in [9.17, 15) is 0 Å². The highest BCUT2D eigenvalue weighted by Gasteiger charge is 2.43. The molecule has 0 amide bonds. The van der Waals surface area contributed by atoms with Gasteiger partial charge in [-0.15, -0.1) is 0 Å². The lowest BCUT2D eigenvalue weighted by Gasteiger charge is -2.35. The van der Waals surface area contributed by atoms with Gasteiger partial charge in [-0.2, -0.15) is 0 Å². The van der Waals surface area contributed by atoms with Crippen molar-refractivity contribution < 1.29 is 0 Å². The fourth-order valence-corrected chi connectivity index (χ4v) is 11.2. The normalized spacial score (nSPS) is 13.9. The first-order valence-corrected chi connectivity index (χ1v) is 25.7. The zero-order valence-corrected chi connectivity index (χ0v) is 40.9. The number of fused-ring (bicyclic) bond motifs is 4. The van der Waals surface area contributed by atoms with E-state index in [1.165, 1.54) is 150 Å². The first-order valence-electron chi connectivity index (χ1n) is 25.7. The fraction of sp³-hybridized carbons (Fsp3) is 0.429. The molecular formula is C63H77N. The van der Waals surface area contributed by atoms with Gasteiger partial charge in [0.1, 0.15) is 0 Å². The summed E-state index contributed by atoms with van der Waals surface area (Å²) >= 11 is 0. The molecule has 1 heteroatoms. The second-order valence-electron chi connectivity index (χ2n) is 20.2. The van der Waals surface area contributed by atoms with Crippen LogP contribution >= 0.6 is 0 Å². The van der Waals surface area contributed by atoms with E-state index in [4.69, 9.17) is 0 Å². The van der Waals surface area contributed by atoms with E-state index in [-0.39, 0.29) is 16.2 Å². The van der Waals surface area contributed by atoms with Gasteiger partial charge in [-0.25, -0.2) is 0 Å². The number of anilines is 3. The Morgan fingerprint density at radius 1 is 0.422 bits per heavy atom. The standard InChI is InChI=1S/C63H77N/c1-9-15-17-19-40-63(41-20-18-16-10-2)59-44-53(62(8,13-5)14-6)34-38-57(59)58-39-37-56(45-60(58)63)64(55-23-21-22-49(43-55)51-27-25-48-24-26-50(48)42-51)54-35-30-47(31-36-54)46-28-32-52(33-29-46)61(7,11-3)12-4/h21-23,25,27-39,42-45H,9-20,24,26,40-41H2,1-8H3. The van der Waals surface area contributed by atoms with Crippen molar-refractivity contribution in [2.24, 2.45) is 0 Å². The molecule has 2 aliphatic rings. The van der Waals surface area contributed by atoms with E-state index in [0.717, 1.165) is 25.7 Å². The molecule has 0 saturated heterocycles. The number of hydrogen-bond acceptors (Lipinski definition) is 1. The summed E-state index contributed by atoms with van der Waals surface area (Å²) in [7, 11) is 0. The summed E-state index contributed by atoms with van der Waals surface area (Å²) in [6, 6.07) is 50.4. The molecule has 6 aromatic rings. The second kappa shape index (κ2) is 19.7. The fourth-order valence-electron chi connectivity index (χ4n) is 11.2. The molecular weight excluding hydrogens is 771 g/mol. The van der Waals surface area contributed by atoms with Crippen LogP contribution in [0.4, 0.5) is 17.1 Å². The maximum atomic E-state index is 2.69. The van der Waals surface area contributed by atoms with E-state index in [0.29, 0.717) is 0 Å². The Balaban J connectivity index is 1.27. The molecule has 0 saturated carbocycles. The van der Waals surface area contributed by atoms with Crippen LogP contribution in [0.1, 0.15) is 179 Å². The van der Waals surface area contributed by atoms with E-state index in [2.05, 4.69) is 188 Å². The highest BCUT2D eigenvalue weighted by atomic mass is 15.1. The molecule has 0 unspecified atom stereocenters. The number of hydrogen-bond donors (Lipinski definition) is 0. The summed E-state index contributed by atoms with van der Waals surface area (Å²) in [5.41, 5.74) is 21.1. The molecule has 0 bridgehead atoms. The van der Waals surface area contributed by atoms with Gasteiger partial charge in [-0.3, -0.25) is 0 Å². The van der Waals surface area contributed by atoms with Gasteiger partial charge in [0.15, 0.2) is 0 Å². The van der Waals surface area contributed by atoms with Gasteiger partial charge in [-0.1, -0.05) is 198 Å². The van der Waals surface area contributed by atoms with Gasteiger partial charge in [0.05, 0.1) is 0 Å². The quantitative estimate of drug-likeness (QED) is 0.0652. The third-order valence-corrected chi connectivity index (χ3v) is 16.7. The summed E-state index contributed by atoms with van der Waals surface area (Å²) in [5.74, 6) is 0. The van der Waals surface area contributed by atoms with Crippen LogP contribution in [0.15, 0.2) is 127 Å². The minimum absolute atomic E-state index is 0.0123. The van der Waals surface area contributed by atoms with E-state index >= 15 is 0 Å². The van der Waals surface area contributed by atoms with E-state index < -0.39 is 0 Å². The van der Waals surface area contributed by atoms with Crippen LogP contribution in [0.2, 0.25) is 0 Å². The Hall–Kier alpha value is -4.88. The van der Waals surface area contributed by atoms with Crippen LogP contribution in [0, 0.1) is 0 Å². The molecule has 64 heavy (non-hydrogen) atoms. The Kier molecular flexibility index (Phi) is 14.1. The van der Waals surface area contributed by atoms with Gasteiger partial charge < -0.3 is 4.90 Å². The summed E-state index contributed by atoms with van der Waals surface area (Å²) in [5, 5.41) is 0. The summed E-state index contributed by atoms with van der Waals surface area (Å²) in [4.78, 5) is 2.55. The Bertz CT molecular complexity index is 2480. The predicted octanol–water partition coefficient (Wildman–Crippen LogP) is 19.0. The van der Waals surface area contributed by atoms with Crippen molar-refractivity contribution in [3.63, 3.8) is 0 Å². The van der Waals surface area contributed by atoms with Crippen molar-refractivity contribution in [3.8, 4) is 33.4 Å². The molecule has 0 aromatic heterocycles. The summed E-state index contributed by atoms with van der Waals surface area (Å²) in [6.07, 6.45) is 19.7. The zero-order valence-electron chi connectivity index (χ0n) is 40.9. The van der Waals surface area contributed by atoms with Crippen molar-refractivity contribution in [2.75, 3.05) is 4.90 Å². The SMILES string of the molecule is CCCCCCC1(CCCCCC)c2cc(N(c3ccc(-c4ccc(C(C)(CC)CC)cc4)cc3)c3cccc(-c4ccc5c(c4)CC5)c3)ccc2-c2ccc(C(C)(CC)CC)cc21. The number of benzene rings is 6. The van der Waals surface area contributed by atoms with Crippen molar-refractivity contribution >= 4 is 17.1 Å². The highest BCUT2D eigenvalue weighted by molar-refractivity contribution is 5.87. The van der Waals surface area contributed by atoms with Crippen molar-refractivity contribution in [1.82, 2.24) is 0 Å². The Labute approximate surface area is 388 Å². The monoisotopic (exact) mass is 848 g/mol. The first kappa shape index (κ1) is 45.7. The highest BCUT2D eigenvalue weighted by Crippen LogP contribution is 2.57. The van der Waals surface area contributed by atoms with Gasteiger partial charge in [-0.05, 0) is 165 Å². The lowest BCUT2D eigenvalue weighted by Crippen LogP contribution is -2.27. The third kappa shape index (κ3) is 8.78. The molecule has 0 fully saturated rings. The van der Waals surface area contributed by atoms with Crippen LogP contribution in [-0.2, 0) is 29.1 Å². The minimum atomic E-state index is -0.0123. The van der Waals surface area contributed by atoms with E-state index in [1.54, 1.807) is 11.1 Å². The maximum absolute atomic E-state index is 2.69. The van der Waals surface area contributed by atoms with Crippen molar-refractivity contribution in [3.05, 3.63) is 161 Å². The molecule has 2 aliphatic carbocycles. The lowest BCUT2D eigenvalue weighted by molar-refractivity contribution is 0.397. The molecule has 0 aliphatic heterocycles. The maximum Gasteiger partial charge on any atom is 0.0467 e. The molecule has 0 atom stereocenters. The van der Waals surface area contributed by atoms with Crippen LogP contribution in [0.3, 0.4) is 0 Å². The van der Waals surface area contributed by atoms with Crippen LogP contribution in [0.5, 0.6) is 0 Å². The van der Waals surface area contributed by atoms with Crippen LogP contribution in [0.25, 0.3) is 33.4 Å². The summed E-state index contributed by atoms with van der Waals surface area (Å²) < 4.78 is 0. The van der Waals surface area contributed by atoms with Gasteiger partial charge in [0, 0.05) is 22.5 Å². The summed E-state index contributed by atoms with van der Waals surface area (Å²) in [6.45, 7) is 19.0. The number of rotatable bonds is 21. The van der Waals surface area contributed by atoms with Gasteiger partial charge in [0.25, 0.3) is 0 Å². The predicted molar refractivity (Wildman–Crippen MR) is 279 cm³/mol. The van der Waals surface area contributed by atoms with Crippen molar-refractivity contribution in [2.45, 2.75) is 174 Å². The first-order chi connectivity index (χ1) is 31.1. The molecule has 0 heterocycles. The molecule has 334 valence electrons. The van der Waals surface area contributed by atoms with Gasteiger partial charge >= 0.3 is 0 Å².